The molecule has 0 radical (unpaired) electrons. The fourth-order valence-electron chi connectivity index (χ4n) is 5.84. The van der Waals surface area contributed by atoms with Gasteiger partial charge in [-0.25, -0.2) is 0 Å². The summed E-state index contributed by atoms with van der Waals surface area (Å²) >= 11 is 5.77. The number of hydrogen-bond acceptors (Lipinski definition) is 2. The molecule has 0 spiro atoms. The Hall–Kier alpha value is -1.97. The number of thiocarbonyl (C=S) groups is 1. The highest BCUT2D eigenvalue weighted by Gasteiger charge is 2.38. The average molecular weight is 496 g/mol. The van der Waals surface area contributed by atoms with Gasteiger partial charge in [0.15, 0.2) is 5.11 Å². The zero-order valence-corrected chi connectivity index (χ0v) is 22.1. The number of amides is 1. The summed E-state index contributed by atoms with van der Waals surface area (Å²) in [5.74, 6) is 0.610. The van der Waals surface area contributed by atoms with E-state index in [-0.39, 0.29) is 18.0 Å². The minimum absolute atomic E-state index is 0.0370. The van der Waals surface area contributed by atoms with Crippen LogP contribution in [-0.4, -0.2) is 34.8 Å². The van der Waals surface area contributed by atoms with Crippen molar-refractivity contribution in [2.24, 2.45) is 5.92 Å². The molecule has 2 aliphatic rings. The highest BCUT2D eigenvalue weighted by molar-refractivity contribution is 7.80. The molecule has 6 heteroatoms. The summed E-state index contributed by atoms with van der Waals surface area (Å²) in [6, 6.07) is 22.8. The van der Waals surface area contributed by atoms with Gasteiger partial charge >= 0.3 is 0 Å². The quantitative estimate of drug-likeness (QED) is 0.389. The van der Waals surface area contributed by atoms with E-state index >= 15 is 0 Å². The third-order valence-corrected chi connectivity index (χ3v) is 10.7. The number of nitrogens with one attached hydrogen (secondary N) is 3. The van der Waals surface area contributed by atoms with Crippen molar-refractivity contribution in [2.75, 3.05) is 0 Å². The Morgan fingerprint density at radius 2 is 1.41 bits per heavy atom. The molecule has 0 heterocycles. The first-order chi connectivity index (χ1) is 16.5. The summed E-state index contributed by atoms with van der Waals surface area (Å²) in [7, 11) is -0.434. The van der Waals surface area contributed by atoms with E-state index in [0.29, 0.717) is 17.6 Å². The van der Waals surface area contributed by atoms with E-state index < -0.39 is 7.92 Å². The summed E-state index contributed by atoms with van der Waals surface area (Å²) in [6.07, 6.45) is 8.16. The lowest BCUT2D eigenvalue weighted by molar-refractivity contribution is -0.120. The van der Waals surface area contributed by atoms with Crippen LogP contribution in [0.1, 0.15) is 58.8 Å². The Kier molecular flexibility index (Phi) is 8.97. The van der Waals surface area contributed by atoms with Crippen LogP contribution in [0, 0.1) is 5.92 Å². The van der Waals surface area contributed by atoms with Gasteiger partial charge in [-0.3, -0.25) is 4.79 Å². The molecule has 0 aliphatic heterocycles. The lowest BCUT2D eigenvalue weighted by atomic mass is 9.90. The Balaban J connectivity index is 1.45. The fourth-order valence-corrected chi connectivity index (χ4v) is 9.46. The highest BCUT2D eigenvalue weighted by atomic mass is 32.1. The molecule has 0 saturated heterocycles. The first-order valence-electron chi connectivity index (χ1n) is 12.8. The third kappa shape index (κ3) is 6.37. The molecule has 2 fully saturated rings. The van der Waals surface area contributed by atoms with Crippen molar-refractivity contribution in [3.05, 3.63) is 60.7 Å². The fraction of sp³-hybridized carbons (Fsp3) is 0.500. The first kappa shape index (κ1) is 25.1. The lowest BCUT2D eigenvalue weighted by Crippen LogP contribution is -2.56. The number of carbonyl (C=O) groups excluding carboxylic acids is 1. The standard InChI is InChI=1S/C28H38N3OPS/c1-20(29-28(34)31-26-18-10-9-17-25(26)30-21(2)32)24-16-11-19-27(24)33(22-12-5-3-6-13-22)23-14-7-4-8-15-23/h3-8,12-15,20,24-27H,9-11,16-19H2,1-2H3,(H,30,32)(H2,29,31,34)/t20-,24+,25+,26+,27?/m1/s1. The molecule has 1 unspecified atom stereocenters. The number of rotatable bonds is 7. The maximum Gasteiger partial charge on any atom is 0.217 e. The number of carbonyl (C=O) groups is 1. The zero-order valence-electron chi connectivity index (χ0n) is 20.4. The Bertz CT molecular complexity index is 902. The van der Waals surface area contributed by atoms with Crippen LogP contribution in [0.3, 0.4) is 0 Å². The second-order valence-electron chi connectivity index (χ2n) is 9.81. The van der Waals surface area contributed by atoms with E-state index in [2.05, 4.69) is 83.5 Å². The minimum Gasteiger partial charge on any atom is -0.360 e. The maximum atomic E-state index is 11.6. The molecule has 2 aliphatic carbocycles. The summed E-state index contributed by atoms with van der Waals surface area (Å²) < 4.78 is 0. The third-order valence-electron chi connectivity index (χ3n) is 7.40. The molecule has 1 amide bonds. The van der Waals surface area contributed by atoms with Gasteiger partial charge in [0.2, 0.25) is 5.91 Å². The van der Waals surface area contributed by atoms with Crippen LogP contribution in [0.2, 0.25) is 0 Å². The van der Waals surface area contributed by atoms with Gasteiger partial charge in [0, 0.05) is 25.0 Å². The van der Waals surface area contributed by atoms with Gasteiger partial charge in [-0.1, -0.05) is 79.9 Å². The molecular weight excluding hydrogens is 457 g/mol. The summed E-state index contributed by atoms with van der Waals surface area (Å²) in [4.78, 5) is 11.6. The van der Waals surface area contributed by atoms with Crippen molar-refractivity contribution < 1.29 is 4.79 Å². The van der Waals surface area contributed by atoms with E-state index in [1.807, 2.05) is 0 Å². The minimum atomic E-state index is -0.434. The number of benzene rings is 2. The summed E-state index contributed by atoms with van der Waals surface area (Å²) in [6.45, 7) is 3.90. The molecule has 34 heavy (non-hydrogen) atoms. The van der Waals surface area contributed by atoms with Crippen molar-refractivity contribution in [3.8, 4) is 0 Å². The first-order valence-corrected chi connectivity index (χ1v) is 14.6. The van der Waals surface area contributed by atoms with Gasteiger partial charge in [0.25, 0.3) is 0 Å². The van der Waals surface area contributed by atoms with Gasteiger partial charge in [0.1, 0.15) is 0 Å². The van der Waals surface area contributed by atoms with Crippen LogP contribution >= 0.6 is 20.1 Å². The van der Waals surface area contributed by atoms with E-state index in [0.717, 1.165) is 24.4 Å². The maximum absolute atomic E-state index is 11.6. The van der Waals surface area contributed by atoms with Crippen molar-refractivity contribution in [3.63, 3.8) is 0 Å². The van der Waals surface area contributed by atoms with Crippen molar-refractivity contribution in [2.45, 2.75) is 82.6 Å². The van der Waals surface area contributed by atoms with Crippen LogP contribution in [0.25, 0.3) is 0 Å². The van der Waals surface area contributed by atoms with Crippen molar-refractivity contribution in [1.29, 1.82) is 0 Å². The van der Waals surface area contributed by atoms with Gasteiger partial charge in [-0.2, -0.15) is 0 Å². The molecule has 4 nitrogen and oxygen atoms in total. The van der Waals surface area contributed by atoms with Crippen LogP contribution in [-0.2, 0) is 4.79 Å². The van der Waals surface area contributed by atoms with E-state index in [4.69, 9.17) is 12.2 Å². The van der Waals surface area contributed by atoms with Crippen LogP contribution < -0.4 is 26.6 Å². The molecule has 2 saturated carbocycles. The van der Waals surface area contributed by atoms with Gasteiger partial charge < -0.3 is 16.0 Å². The second kappa shape index (κ2) is 12.1. The van der Waals surface area contributed by atoms with E-state index in [9.17, 15) is 4.79 Å². The molecule has 3 N–H and O–H groups in total. The normalized spacial score (nSPS) is 25.5. The molecule has 0 bridgehead atoms. The topological polar surface area (TPSA) is 53.2 Å². The average Bonchev–Trinajstić information content (AvgIpc) is 3.31. The Labute approximate surface area is 211 Å². The smallest absolute Gasteiger partial charge is 0.217 e. The Morgan fingerprint density at radius 3 is 1.97 bits per heavy atom. The van der Waals surface area contributed by atoms with Gasteiger partial charge in [0.05, 0.1) is 0 Å². The lowest BCUT2D eigenvalue weighted by Gasteiger charge is -2.36. The molecule has 2 aromatic rings. The van der Waals surface area contributed by atoms with E-state index in [1.54, 1.807) is 6.92 Å². The SMILES string of the molecule is CC(=O)N[C@H]1CCCC[C@@H]1NC(=S)N[C@H](C)[C@@H]1CCCC1P(c1ccccc1)c1ccccc1. The van der Waals surface area contributed by atoms with Crippen molar-refractivity contribution >= 4 is 41.8 Å². The summed E-state index contributed by atoms with van der Waals surface area (Å²) in [5.41, 5.74) is 0.631. The number of hydrogen-bond donors (Lipinski definition) is 3. The van der Waals surface area contributed by atoms with Gasteiger partial charge in [-0.05, 0) is 74.9 Å². The molecule has 5 atom stereocenters. The monoisotopic (exact) mass is 495 g/mol. The molecule has 4 rings (SSSR count). The van der Waals surface area contributed by atoms with Crippen LogP contribution in [0.5, 0.6) is 0 Å². The predicted octanol–water partition coefficient (Wildman–Crippen LogP) is 4.59. The Morgan fingerprint density at radius 1 is 0.853 bits per heavy atom. The van der Waals surface area contributed by atoms with Gasteiger partial charge in [-0.15, -0.1) is 0 Å². The summed E-state index contributed by atoms with van der Waals surface area (Å²) in [5, 5.41) is 14.0. The highest BCUT2D eigenvalue weighted by Crippen LogP contribution is 2.50. The molecular formula is C28H38N3OPS. The van der Waals surface area contributed by atoms with Crippen LogP contribution in [0.15, 0.2) is 60.7 Å². The van der Waals surface area contributed by atoms with E-state index in [1.165, 1.54) is 36.3 Å². The molecule has 0 aromatic heterocycles. The molecule has 182 valence electrons. The predicted molar refractivity (Wildman–Crippen MR) is 148 cm³/mol. The zero-order chi connectivity index (χ0) is 23.9. The van der Waals surface area contributed by atoms with Crippen LogP contribution in [0.4, 0.5) is 0 Å². The largest absolute Gasteiger partial charge is 0.360 e. The van der Waals surface area contributed by atoms with Crippen molar-refractivity contribution in [1.82, 2.24) is 16.0 Å². The second-order valence-corrected chi connectivity index (χ2v) is 12.7. The molecule has 2 aromatic carbocycles.